The molecule has 3 aromatic heterocycles. The van der Waals surface area contributed by atoms with E-state index < -0.39 is 30.4 Å². The number of esters is 1. The van der Waals surface area contributed by atoms with E-state index in [1.54, 1.807) is 23.5 Å². The highest BCUT2D eigenvalue weighted by Crippen LogP contribution is 2.47. The van der Waals surface area contributed by atoms with Crippen LogP contribution in [0.1, 0.15) is 26.7 Å². The maximum absolute atomic E-state index is 13.9. The van der Waals surface area contributed by atoms with E-state index in [1.165, 1.54) is 18.3 Å². The third-order valence-electron chi connectivity index (χ3n) is 7.07. The van der Waals surface area contributed by atoms with Crippen LogP contribution >= 0.6 is 11.3 Å². The SMILES string of the molecule is CCNC(=O)Nc1nc2cc(-c3cnc(N4CCC(C(=O)OCC)(C(F)(F)F)CC4)nc3)cc(-c3ccccn3)c2s1. The third-order valence-corrected chi connectivity index (χ3v) is 8.09. The lowest BCUT2D eigenvalue weighted by Gasteiger charge is -2.40. The molecule has 0 saturated carbocycles. The number of urea groups is 1. The summed E-state index contributed by atoms with van der Waals surface area (Å²) in [6.45, 7) is 3.57. The summed E-state index contributed by atoms with van der Waals surface area (Å²) >= 11 is 1.33. The summed E-state index contributed by atoms with van der Waals surface area (Å²) in [5, 5.41) is 5.86. The van der Waals surface area contributed by atoms with E-state index in [9.17, 15) is 22.8 Å². The number of piperidine rings is 1. The zero-order valence-electron chi connectivity index (χ0n) is 22.9. The molecule has 2 amide bonds. The molecule has 5 rings (SSSR count). The molecule has 0 radical (unpaired) electrons. The van der Waals surface area contributed by atoms with Gasteiger partial charge in [0.15, 0.2) is 10.5 Å². The van der Waals surface area contributed by atoms with Gasteiger partial charge in [0.25, 0.3) is 0 Å². The largest absolute Gasteiger partial charge is 0.465 e. The molecule has 2 N–H and O–H groups in total. The first-order valence-corrected chi connectivity index (χ1v) is 14.2. The van der Waals surface area contributed by atoms with Crippen molar-refractivity contribution in [3.05, 3.63) is 48.9 Å². The Morgan fingerprint density at radius 1 is 1.07 bits per heavy atom. The van der Waals surface area contributed by atoms with Crippen LogP contribution in [0.5, 0.6) is 0 Å². The fourth-order valence-electron chi connectivity index (χ4n) is 4.86. The number of carbonyl (C=O) groups is 2. The number of nitrogens with zero attached hydrogens (tertiary/aromatic N) is 5. The first kappa shape index (κ1) is 29.2. The van der Waals surface area contributed by atoms with Crippen molar-refractivity contribution in [2.75, 3.05) is 36.5 Å². The van der Waals surface area contributed by atoms with Crippen molar-refractivity contribution in [3.63, 3.8) is 0 Å². The second-order valence-corrected chi connectivity index (χ2v) is 10.6. The minimum absolute atomic E-state index is 0.0480. The molecular formula is C28H28F3N7O3S. The second kappa shape index (κ2) is 11.9. The number of benzene rings is 1. The van der Waals surface area contributed by atoms with Crippen LogP contribution in [0.25, 0.3) is 32.6 Å². The molecule has 42 heavy (non-hydrogen) atoms. The number of thiazole rings is 1. The molecule has 1 aliphatic rings. The number of nitrogens with one attached hydrogen (secondary N) is 2. The van der Waals surface area contributed by atoms with E-state index >= 15 is 0 Å². The molecule has 1 saturated heterocycles. The van der Waals surface area contributed by atoms with Crippen molar-refractivity contribution in [3.8, 4) is 22.4 Å². The Hall–Kier alpha value is -4.33. The summed E-state index contributed by atoms with van der Waals surface area (Å²) in [7, 11) is 0. The lowest BCUT2D eigenvalue weighted by Crippen LogP contribution is -2.53. The molecule has 1 aromatic carbocycles. The Kier molecular flexibility index (Phi) is 8.25. The number of pyridine rings is 1. The average Bonchev–Trinajstić information content (AvgIpc) is 3.39. The molecule has 220 valence electrons. The minimum atomic E-state index is -4.72. The number of ether oxygens (including phenoxy) is 1. The van der Waals surface area contributed by atoms with Gasteiger partial charge < -0.3 is 15.0 Å². The molecule has 0 spiro atoms. The molecular weight excluding hydrogens is 571 g/mol. The lowest BCUT2D eigenvalue weighted by atomic mass is 9.77. The van der Waals surface area contributed by atoms with E-state index in [0.717, 1.165) is 21.5 Å². The van der Waals surface area contributed by atoms with Gasteiger partial charge in [-0.15, -0.1) is 0 Å². The van der Waals surface area contributed by atoms with Crippen LogP contribution in [0.15, 0.2) is 48.9 Å². The van der Waals surface area contributed by atoms with E-state index in [-0.39, 0.29) is 31.7 Å². The minimum Gasteiger partial charge on any atom is -0.465 e. The Morgan fingerprint density at radius 2 is 1.81 bits per heavy atom. The number of amides is 2. The van der Waals surface area contributed by atoms with E-state index in [4.69, 9.17) is 4.74 Å². The zero-order chi connectivity index (χ0) is 29.9. The summed E-state index contributed by atoms with van der Waals surface area (Å²) in [6, 6.07) is 9.02. The number of fused-ring (bicyclic) bond motifs is 1. The molecule has 0 unspecified atom stereocenters. The van der Waals surface area contributed by atoms with Crippen molar-refractivity contribution >= 4 is 44.6 Å². The number of halogens is 3. The van der Waals surface area contributed by atoms with E-state index in [1.807, 2.05) is 37.3 Å². The lowest BCUT2D eigenvalue weighted by molar-refractivity contribution is -0.239. The molecule has 1 aliphatic heterocycles. The van der Waals surface area contributed by atoms with Gasteiger partial charge in [0, 0.05) is 49.4 Å². The van der Waals surface area contributed by atoms with Gasteiger partial charge in [-0.3, -0.25) is 15.1 Å². The Balaban J connectivity index is 1.42. The second-order valence-electron chi connectivity index (χ2n) is 9.65. The molecule has 0 aliphatic carbocycles. The van der Waals surface area contributed by atoms with Crippen molar-refractivity contribution < 1.29 is 27.5 Å². The molecule has 1 fully saturated rings. The van der Waals surface area contributed by atoms with Crippen LogP contribution < -0.4 is 15.5 Å². The quantitative estimate of drug-likeness (QED) is 0.261. The maximum atomic E-state index is 13.9. The van der Waals surface area contributed by atoms with Gasteiger partial charge in [-0.05, 0) is 56.5 Å². The van der Waals surface area contributed by atoms with Gasteiger partial charge in [0.2, 0.25) is 5.95 Å². The van der Waals surface area contributed by atoms with Crippen molar-refractivity contribution in [1.82, 2.24) is 25.3 Å². The number of hydrogen-bond donors (Lipinski definition) is 2. The van der Waals surface area contributed by atoms with Crippen molar-refractivity contribution in [1.29, 1.82) is 0 Å². The number of hydrogen-bond acceptors (Lipinski definition) is 9. The fraction of sp³-hybridized carbons (Fsp3) is 0.357. The Labute approximate surface area is 243 Å². The Morgan fingerprint density at radius 3 is 2.43 bits per heavy atom. The van der Waals surface area contributed by atoms with E-state index in [2.05, 4.69) is 30.6 Å². The van der Waals surface area contributed by atoms with Gasteiger partial charge in [-0.2, -0.15) is 13.2 Å². The number of rotatable bonds is 7. The van der Waals surface area contributed by atoms with Gasteiger partial charge in [0.05, 0.1) is 22.5 Å². The normalized spacial score (nSPS) is 14.9. The molecule has 4 aromatic rings. The predicted molar refractivity (Wildman–Crippen MR) is 153 cm³/mol. The fourth-order valence-corrected chi connectivity index (χ4v) is 5.83. The highest BCUT2D eigenvalue weighted by molar-refractivity contribution is 7.22. The first-order valence-electron chi connectivity index (χ1n) is 13.4. The summed E-state index contributed by atoms with van der Waals surface area (Å²) in [5.41, 5.74) is 1.06. The van der Waals surface area contributed by atoms with Crippen LogP contribution in [0, 0.1) is 5.41 Å². The zero-order valence-corrected chi connectivity index (χ0v) is 23.7. The van der Waals surface area contributed by atoms with Crippen LogP contribution in [0.3, 0.4) is 0 Å². The summed E-state index contributed by atoms with van der Waals surface area (Å²) in [4.78, 5) is 44.0. The maximum Gasteiger partial charge on any atom is 0.405 e. The monoisotopic (exact) mass is 599 g/mol. The highest BCUT2D eigenvalue weighted by atomic mass is 32.1. The van der Waals surface area contributed by atoms with Gasteiger partial charge in [-0.25, -0.2) is 19.7 Å². The van der Waals surface area contributed by atoms with Crippen molar-refractivity contribution in [2.45, 2.75) is 32.9 Å². The molecule has 14 heteroatoms. The third kappa shape index (κ3) is 5.71. The van der Waals surface area contributed by atoms with Crippen LogP contribution in [0.2, 0.25) is 0 Å². The van der Waals surface area contributed by atoms with Crippen LogP contribution in [0.4, 0.5) is 29.0 Å². The van der Waals surface area contributed by atoms with Gasteiger partial charge >= 0.3 is 18.2 Å². The number of aromatic nitrogens is 4. The van der Waals surface area contributed by atoms with Crippen LogP contribution in [-0.2, 0) is 9.53 Å². The summed E-state index contributed by atoms with van der Waals surface area (Å²) < 4.78 is 47.4. The summed E-state index contributed by atoms with van der Waals surface area (Å²) in [6.07, 6.45) is -0.715. The predicted octanol–water partition coefficient (Wildman–Crippen LogP) is 5.67. The highest BCUT2D eigenvalue weighted by Gasteiger charge is 2.62. The molecule has 10 nitrogen and oxygen atoms in total. The number of alkyl halides is 3. The first-order chi connectivity index (χ1) is 20.1. The number of anilines is 2. The smallest absolute Gasteiger partial charge is 0.405 e. The Bertz CT molecular complexity index is 1570. The molecule has 4 heterocycles. The average molecular weight is 600 g/mol. The topological polar surface area (TPSA) is 122 Å². The van der Waals surface area contributed by atoms with Gasteiger partial charge in [-0.1, -0.05) is 17.4 Å². The summed E-state index contributed by atoms with van der Waals surface area (Å²) in [5.74, 6) is -0.967. The standard InChI is InChI=1S/C28H28F3N7O3S/c1-3-32-25(40)37-26-36-21-14-17(13-19(22(21)42-26)20-7-5-6-10-33-20)18-15-34-24(35-16-18)38-11-8-27(9-12-38,28(29,30)31)23(39)41-4-2/h5-7,10,13-16H,3-4,8-9,11-12H2,1-2H3,(H2,32,36,37,40). The number of carbonyl (C=O) groups excluding carboxylic acids is 2. The molecule has 0 atom stereocenters. The van der Waals surface area contributed by atoms with Gasteiger partial charge in [0.1, 0.15) is 0 Å². The van der Waals surface area contributed by atoms with Crippen molar-refractivity contribution in [2.24, 2.45) is 5.41 Å². The van der Waals surface area contributed by atoms with Crippen LogP contribution in [-0.4, -0.2) is 64.4 Å². The van der Waals surface area contributed by atoms with E-state index in [0.29, 0.717) is 22.8 Å². The molecule has 0 bridgehead atoms.